The van der Waals surface area contributed by atoms with Gasteiger partial charge >= 0.3 is 6.09 Å². The number of ether oxygens (including phenoxy) is 1. The minimum absolute atomic E-state index is 0.265. The second-order valence-electron chi connectivity index (χ2n) is 8.53. The molecule has 1 aliphatic rings. The molecule has 0 bridgehead atoms. The van der Waals surface area contributed by atoms with Crippen LogP contribution in [-0.2, 0) is 21.2 Å². The lowest BCUT2D eigenvalue weighted by Gasteiger charge is -2.30. The average molecular weight is 474 g/mol. The first-order valence-electron chi connectivity index (χ1n) is 9.68. The van der Waals surface area contributed by atoms with Crippen molar-refractivity contribution in [2.45, 2.75) is 51.3 Å². The summed E-state index contributed by atoms with van der Waals surface area (Å²) in [6, 6.07) is 2.17. The molecule has 1 aromatic carbocycles. The van der Waals surface area contributed by atoms with Crippen LogP contribution in [0.4, 0.5) is 13.6 Å². The van der Waals surface area contributed by atoms with Crippen LogP contribution in [0, 0.1) is 11.6 Å². The standard InChI is InChI=1S/C20H25F2N3O4S2/c1-20(2,3)29-19(26)25-6-5-16(24-31(4,27)28)17(25)10-15-11-30-18(23-15)12-7-13(21)9-14(22)8-12/h7-9,11,16-17,24H,5-6,10H2,1-4H3. The van der Waals surface area contributed by atoms with Crippen molar-refractivity contribution in [1.82, 2.24) is 14.6 Å². The average Bonchev–Trinajstić information content (AvgIpc) is 3.19. The molecule has 2 atom stereocenters. The van der Waals surface area contributed by atoms with E-state index in [2.05, 4.69) is 9.71 Å². The first-order chi connectivity index (χ1) is 14.3. The van der Waals surface area contributed by atoms with Crippen molar-refractivity contribution in [3.63, 3.8) is 0 Å². The molecule has 7 nitrogen and oxygen atoms in total. The zero-order valence-electron chi connectivity index (χ0n) is 17.7. The molecule has 0 aliphatic carbocycles. The van der Waals surface area contributed by atoms with Crippen molar-refractivity contribution in [3.05, 3.63) is 40.9 Å². The largest absolute Gasteiger partial charge is 0.444 e. The van der Waals surface area contributed by atoms with Crippen molar-refractivity contribution < 1.29 is 26.7 Å². The molecule has 2 heterocycles. The third kappa shape index (κ3) is 6.44. The monoisotopic (exact) mass is 473 g/mol. The van der Waals surface area contributed by atoms with Gasteiger partial charge in [0.05, 0.1) is 18.0 Å². The van der Waals surface area contributed by atoms with Gasteiger partial charge in [-0.05, 0) is 39.3 Å². The van der Waals surface area contributed by atoms with E-state index in [0.29, 0.717) is 29.2 Å². The maximum atomic E-state index is 13.5. The molecule has 0 saturated carbocycles. The number of thiazole rings is 1. The number of hydrogen-bond acceptors (Lipinski definition) is 6. The molecule has 1 N–H and O–H groups in total. The first kappa shape index (κ1) is 23.6. The zero-order valence-corrected chi connectivity index (χ0v) is 19.3. The highest BCUT2D eigenvalue weighted by Crippen LogP contribution is 2.29. The molecular weight excluding hydrogens is 448 g/mol. The number of rotatable bonds is 5. The normalized spacial score (nSPS) is 19.6. The van der Waals surface area contributed by atoms with Crippen molar-refractivity contribution in [3.8, 4) is 10.6 Å². The summed E-state index contributed by atoms with van der Waals surface area (Å²) in [6.45, 7) is 5.60. The van der Waals surface area contributed by atoms with Crippen LogP contribution >= 0.6 is 11.3 Å². The third-order valence-electron chi connectivity index (χ3n) is 4.62. The number of likely N-dealkylation sites (tertiary alicyclic amines) is 1. The Morgan fingerprint density at radius 3 is 2.52 bits per heavy atom. The number of halogens is 2. The number of nitrogens with one attached hydrogen (secondary N) is 1. The highest BCUT2D eigenvalue weighted by molar-refractivity contribution is 7.88. The number of carbonyl (C=O) groups excluding carboxylic acids is 1. The first-order valence-corrected chi connectivity index (χ1v) is 12.5. The molecule has 1 fully saturated rings. The Hall–Kier alpha value is -2.11. The van der Waals surface area contributed by atoms with E-state index in [9.17, 15) is 22.0 Å². The van der Waals surface area contributed by atoms with Crippen molar-refractivity contribution in [2.75, 3.05) is 12.8 Å². The number of benzene rings is 1. The third-order valence-corrected chi connectivity index (χ3v) is 6.29. The van der Waals surface area contributed by atoms with E-state index < -0.39 is 45.4 Å². The number of aromatic nitrogens is 1. The number of hydrogen-bond donors (Lipinski definition) is 1. The minimum atomic E-state index is -3.49. The Kier molecular flexibility index (Phi) is 6.68. The van der Waals surface area contributed by atoms with Gasteiger partial charge in [0.2, 0.25) is 10.0 Å². The van der Waals surface area contributed by atoms with E-state index in [-0.39, 0.29) is 6.42 Å². The maximum absolute atomic E-state index is 13.5. The van der Waals surface area contributed by atoms with Gasteiger partial charge in [0, 0.05) is 36.0 Å². The van der Waals surface area contributed by atoms with Crippen LogP contribution in [0.25, 0.3) is 10.6 Å². The predicted octanol–water partition coefficient (Wildman–Crippen LogP) is 3.56. The van der Waals surface area contributed by atoms with Crippen LogP contribution in [0.5, 0.6) is 0 Å². The lowest BCUT2D eigenvalue weighted by Crippen LogP contribution is -2.48. The Morgan fingerprint density at radius 1 is 1.29 bits per heavy atom. The Bertz CT molecular complexity index is 1050. The fourth-order valence-corrected chi connectivity index (χ4v) is 5.14. The molecule has 31 heavy (non-hydrogen) atoms. The molecular formula is C20H25F2N3O4S2. The molecule has 2 aromatic rings. The molecule has 1 saturated heterocycles. The quantitative estimate of drug-likeness (QED) is 0.717. The highest BCUT2D eigenvalue weighted by atomic mass is 32.2. The summed E-state index contributed by atoms with van der Waals surface area (Å²) in [7, 11) is -3.49. The number of sulfonamides is 1. The maximum Gasteiger partial charge on any atom is 0.410 e. The van der Waals surface area contributed by atoms with Gasteiger partial charge in [0.25, 0.3) is 0 Å². The van der Waals surface area contributed by atoms with Crippen LogP contribution in [0.1, 0.15) is 32.9 Å². The van der Waals surface area contributed by atoms with Gasteiger partial charge < -0.3 is 9.64 Å². The highest BCUT2D eigenvalue weighted by Gasteiger charge is 2.40. The smallest absolute Gasteiger partial charge is 0.410 e. The van der Waals surface area contributed by atoms with E-state index >= 15 is 0 Å². The van der Waals surface area contributed by atoms with Gasteiger partial charge in [-0.3, -0.25) is 0 Å². The fraction of sp³-hybridized carbons (Fsp3) is 0.500. The summed E-state index contributed by atoms with van der Waals surface area (Å²) >= 11 is 1.22. The van der Waals surface area contributed by atoms with Crippen LogP contribution < -0.4 is 4.72 Å². The molecule has 1 aliphatic heterocycles. The van der Waals surface area contributed by atoms with Crippen molar-refractivity contribution in [1.29, 1.82) is 0 Å². The van der Waals surface area contributed by atoms with Crippen LogP contribution in [0.3, 0.4) is 0 Å². The topological polar surface area (TPSA) is 88.6 Å². The molecule has 170 valence electrons. The SMILES string of the molecule is CC(C)(C)OC(=O)N1CCC(NS(C)(=O)=O)C1Cc1csc(-c2cc(F)cc(F)c2)n1. The van der Waals surface area contributed by atoms with E-state index in [1.165, 1.54) is 28.4 Å². The second kappa shape index (κ2) is 8.79. The number of carbonyl (C=O) groups is 1. The fourth-order valence-electron chi connectivity index (χ4n) is 3.49. The summed E-state index contributed by atoms with van der Waals surface area (Å²) in [5.74, 6) is -1.40. The van der Waals surface area contributed by atoms with Crippen LogP contribution in [0.2, 0.25) is 0 Å². The van der Waals surface area contributed by atoms with Crippen LogP contribution in [0.15, 0.2) is 23.6 Å². The molecule has 3 rings (SSSR count). The summed E-state index contributed by atoms with van der Waals surface area (Å²) in [5.41, 5.74) is 0.208. The van der Waals surface area contributed by atoms with Gasteiger partial charge in [-0.25, -0.2) is 31.7 Å². The molecule has 11 heteroatoms. The van der Waals surface area contributed by atoms with Gasteiger partial charge in [-0.1, -0.05) is 0 Å². The predicted molar refractivity (Wildman–Crippen MR) is 114 cm³/mol. The summed E-state index contributed by atoms with van der Waals surface area (Å²) < 4.78 is 58.8. The van der Waals surface area contributed by atoms with Gasteiger partial charge in [-0.15, -0.1) is 11.3 Å². The van der Waals surface area contributed by atoms with E-state index in [1.54, 1.807) is 26.2 Å². The molecule has 0 spiro atoms. The molecule has 2 unspecified atom stereocenters. The zero-order chi connectivity index (χ0) is 23.0. The second-order valence-corrected chi connectivity index (χ2v) is 11.2. The van der Waals surface area contributed by atoms with Gasteiger partial charge in [-0.2, -0.15) is 0 Å². The Morgan fingerprint density at radius 2 is 1.94 bits per heavy atom. The lowest BCUT2D eigenvalue weighted by atomic mass is 10.1. The number of nitrogens with zero attached hydrogens (tertiary/aromatic N) is 2. The van der Waals surface area contributed by atoms with Crippen molar-refractivity contribution in [2.24, 2.45) is 0 Å². The van der Waals surface area contributed by atoms with E-state index in [1.807, 2.05) is 0 Å². The van der Waals surface area contributed by atoms with E-state index in [0.717, 1.165) is 12.3 Å². The molecule has 1 aromatic heterocycles. The molecule has 1 amide bonds. The number of amides is 1. The Labute approximate surface area is 184 Å². The van der Waals surface area contributed by atoms with E-state index in [4.69, 9.17) is 4.74 Å². The van der Waals surface area contributed by atoms with Crippen LogP contribution in [-0.4, -0.2) is 54.9 Å². The van der Waals surface area contributed by atoms with Gasteiger partial charge in [0.15, 0.2) is 0 Å². The molecule has 0 radical (unpaired) electrons. The van der Waals surface area contributed by atoms with Gasteiger partial charge in [0.1, 0.15) is 22.2 Å². The summed E-state index contributed by atoms with van der Waals surface area (Å²) in [6.07, 6.45) is 1.24. The Balaban J connectivity index is 1.85. The summed E-state index contributed by atoms with van der Waals surface area (Å²) in [4.78, 5) is 18.7. The van der Waals surface area contributed by atoms with Crippen molar-refractivity contribution >= 4 is 27.5 Å². The minimum Gasteiger partial charge on any atom is -0.444 e. The summed E-state index contributed by atoms with van der Waals surface area (Å²) in [5, 5.41) is 2.17. The lowest BCUT2D eigenvalue weighted by molar-refractivity contribution is 0.0218.